The summed E-state index contributed by atoms with van der Waals surface area (Å²) >= 11 is 5.86. The van der Waals surface area contributed by atoms with Crippen LogP contribution in [0.1, 0.15) is 24.7 Å². The van der Waals surface area contributed by atoms with Crippen molar-refractivity contribution in [3.63, 3.8) is 0 Å². The van der Waals surface area contributed by atoms with Crippen LogP contribution in [-0.2, 0) is 13.2 Å². The molecule has 0 aromatic carbocycles. The molecule has 5 heteroatoms. The summed E-state index contributed by atoms with van der Waals surface area (Å²) in [4.78, 5) is 8.52. The number of hydrogen-bond donors (Lipinski definition) is 1. The van der Waals surface area contributed by atoms with Crippen molar-refractivity contribution in [3.8, 4) is 5.75 Å². The Morgan fingerprint density at radius 1 is 1.25 bits per heavy atom. The lowest BCUT2D eigenvalue weighted by atomic mass is 10.3. The minimum Gasteiger partial charge on any atom is -0.486 e. The summed E-state index contributed by atoms with van der Waals surface area (Å²) in [6, 6.07) is 7.68. The Morgan fingerprint density at radius 2 is 2.10 bits per heavy atom. The topological polar surface area (TPSA) is 47.0 Å². The van der Waals surface area contributed by atoms with Gasteiger partial charge in [0.1, 0.15) is 12.4 Å². The summed E-state index contributed by atoms with van der Waals surface area (Å²) in [7, 11) is 0. The Balaban J connectivity index is 1.91. The van der Waals surface area contributed by atoms with Crippen LogP contribution in [0.3, 0.4) is 0 Å². The van der Waals surface area contributed by atoms with Gasteiger partial charge >= 0.3 is 0 Å². The molecule has 0 aliphatic rings. The Morgan fingerprint density at radius 3 is 2.90 bits per heavy atom. The highest BCUT2D eigenvalue weighted by molar-refractivity contribution is 6.30. The number of ether oxygens (including phenoxy) is 1. The normalized spacial score (nSPS) is 10.5. The smallest absolute Gasteiger partial charge is 0.139 e. The van der Waals surface area contributed by atoms with Gasteiger partial charge in [0.15, 0.2) is 0 Å². The quantitative estimate of drug-likeness (QED) is 0.796. The van der Waals surface area contributed by atoms with Crippen LogP contribution in [-0.4, -0.2) is 16.5 Å². The fourth-order valence-corrected chi connectivity index (χ4v) is 1.89. The molecule has 2 aromatic heterocycles. The Kier molecular flexibility index (Phi) is 5.77. The Bertz CT molecular complexity index is 548. The minimum atomic E-state index is 0.406. The summed E-state index contributed by atoms with van der Waals surface area (Å²) in [6.45, 7) is 4.32. The minimum absolute atomic E-state index is 0.406. The van der Waals surface area contributed by atoms with E-state index < -0.39 is 0 Å². The van der Waals surface area contributed by atoms with Crippen LogP contribution in [0, 0.1) is 0 Å². The lowest BCUT2D eigenvalue weighted by molar-refractivity contribution is 0.299. The number of aromatic nitrogens is 2. The van der Waals surface area contributed by atoms with Gasteiger partial charge in [0.25, 0.3) is 0 Å². The first-order chi connectivity index (χ1) is 9.78. The van der Waals surface area contributed by atoms with E-state index in [0.717, 1.165) is 30.9 Å². The van der Waals surface area contributed by atoms with Gasteiger partial charge in [-0.05, 0) is 25.1 Å². The molecule has 0 saturated heterocycles. The van der Waals surface area contributed by atoms with E-state index in [0.29, 0.717) is 17.4 Å². The van der Waals surface area contributed by atoms with Crippen molar-refractivity contribution < 1.29 is 4.74 Å². The number of nitrogens with one attached hydrogen (secondary N) is 1. The molecule has 0 fully saturated rings. The molecule has 0 unspecified atom stereocenters. The summed E-state index contributed by atoms with van der Waals surface area (Å²) < 4.78 is 5.62. The second kappa shape index (κ2) is 7.82. The summed E-state index contributed by atoms with van der Waals surface area (Å²) in [5.74, 6) is 0.647. The number of halogens is 1. The monoisotopic (exact) mass is 291 g/mol. The molecule has 2 rings (SSSR count). The molecule has 0 bridgehead atoms. The molecule has 0 atom stereocenters. The Hall–Kier alpha value is -1.65. The third-order valence-electron chi connectivity index (χ3n) is 2.66. The van der Waals surface area contributed by atoms with E-state index in [-0.39, 0.29) is 0 Å². The maximum absolute atomic E-state index is 5.86. The first-order valence-corrected chi connectivity index (χ1v) is 7.04. The predicted molar refractivity (Wildman–Crippen MR) is 79.8 cm³/mol. The van der Waals surface area contributed by atoms with Crippen molar-refractivity contribution in [2.75, 3.05) is 6.54 Å². The SMILES string of the molecule is CCCNCc1cccc(COc2cncc(Cl)c2)n1. The van der Waals surface area contributed by atoms with Crippen LogP contribution in [0.15, 0.2) is 36.7 Å². The maximum Gasteiger partial charge on any atom is 0.139 e. The van der Waals surface area contributed by atoms with Crippen molar-refractivity contribution in [2.24, 2.45) is 0 Å². The van der Waals surface area contributed by atoms with Gasteiger partial charge in [0.2, 0.25) is 0 Å². The average Bonchev–Trinajstić information content (AvgIpc) is 2.46. The molecule has 0 spiro atoms. The van der Waals surface area contributed by atoms with Gasteiger partial charge in [-0.1, -0.05) is 24.6 Å². The van der Waals surface area contributed by atoms with Gasteiger partial charge in [-0.2, -0.15) is 0 Å². The van der Waals surface area contributed by atoms with Gasteiger partial charge in [-0.25, -0.2) is 0 Å². The van der Waals surface area contributed by atoms with E-state index in [2.05, 4.69) is 22.2 Å². The van der Waals surface area contributed by atoms with Crippen molar-refractivity contribution >= 4 is 11.6 Å². The second-order valence-corrected chi connectivity index (χ2v) is 4.86. The lowest BCUT2D eigenvalue weighted by Crippen LogP contribution is -2.15. The molecular formula is C15H18ClN3O. The summed E-state index contributed by atoms with van der Waals surface area (Å²) in [5.41, 5.74) is 1.91. The van der Waals surface area contributed by atoms with Crippen LogP contribution >= 0.6 is 11.6 Å². The first kappa shape index (κ1) is 14.8. The molecule has 20 heavy (non-hydrogen) atoms. The van der Waals surface area contributed by atoms with Crippen LogP contribution in [0.4, 0.5) is 0 Å². The van der Waals surface area contributed by atoms with Crippen LogP contribution in [0.25, 0.3) is 0 Å². The maximum atomic E-state index is 5.86. The molecule has 4 nitrogen and oxygen atoms in total. The fourth-order valence-electron chi connectivity index (χ4n) is 1.73. The van der Waals surface area contributed by atoms with Crippen molar-refractivity contribution in [3.05, 3.63) is 53.1 Å². The number of hydrogen-bond acceptors (Lipinski definition) is 4. The molecule has 0 radical (unpaired) electrons. The van der Waals surface area contributed by atoms with Crippen LogP contribution < -0.4 is 10.1 Å². The zero-order valence-corrected chi connectivity index (χ0v) is 12.2. The van der Waals surface area contributed by atoms with E-state index in [9.17, 15) is 0 Å². The molecule has 0 aliphatic heterocycles. The number of nitrogens with zero attached hydrogens (tertiary/aromatic N) is 2. The predicted octanol–water partition coefficient (Wildman–Crippen LogP) is 3.21. The molecular weight excluding hydrogens is 274 g/mol. The highest BCUT2D eigenvalue weighted by Crippen LogP contribution is 2.16. The first-order valence-electron chi connectivity index (χ1n) is 6.67. The van der Waals surface area contributed by atoms with Gasteiger partial charge < -0.3 is 10.1 Å². The molecule has 1 N–H and O–H groups in total. The fraction of sp³-hybridized carbons (Fsp3) is 0.333. The van der Waals surface area contributed by atoms with E-state index in [1.165, 1.54) is 0 Å². The third-order valence-corrected chi connectivity index (χ3v) is 2.87. The van der Waals surface area contributed by atoms with Crippen molar-refractivity contribution in [1.82, 2.24) is 15.3 Å². The van der Waals surface area contributed by atoms with E-state index in [1.54, 1.807) is 18.5 Å². The van der Waals surface area contributed by atoms with Crippen LogP contribution in [0.5, 0.6) is 5.75 Å². The van der Waals surface area contributed by atoms with E-state index in [4.69, 9.17) is 16.3 Å². The number of rotatable bonds is 7. The van der Waals surface area contributed by atoms with Crippen molar-refractivity contribution in [1.29, 1.82) is 0 Å². The lowest BCUT2D eigenvalue weighted by Gasteiger charge is -2.07. The molecule has 2 aromatic rings. The van der Waals surface area contributed by atoms with Gasteiger partial charge in [-0.15, -0.1) is 0 Å². The third kappa shape index (κ3) is 4.79. The van der Waals surface area contributed by atoms with Crippen molar-refractivity contribution in [2.45, 2.75) is 26.5 Å². The van der Waals surface area contributed by atoms with Gasteiger partial charge in [-0.3, -0.25) is 9.97 Å². The standard InChI is InChI=1S/C15H18ClN3O/c1-2-6-17-9-13-4-3-5-14(19-13)11-20-15-7-12(16)8-18-10-15/h3-5,7-8,10,17H,2,6,9,11H2,1H3. The molecule has 106 valence electrons. The Labute approximate surface area is 124 Å². The molecule has 2 heterocycles. The average molecular weight is 292 g/mol. The summed E-state index contributed by atoms with van der Waals surface area (Å²) in [6.07, 6.45) is 4.33. The highest BCUT2D eigenvalue weighted by atomic mass is 35.5. The zero-order chi connectivity index (χ0) is 14.2. The largest absolute Gasteiger partial charge is 0.486 e. The van der Waals surface area contributed by atoms with E-state index in [1.807, 2.05) is 18.2 Å². The highest BCUT2D eigenvalue weighted by Gasteiger charge is 2.01. The van der Waals surface area contributed by atoms with Gasteiger partial charge in [0.05, 0.1) is 22.6 Å². The van der Waals surface area contributed by atoms with Crippen LogP contribution in [0.2, 0.25) is 5.02 Å². The van der Waals surface area contributed by atoms with Gasteiger partial charge in [0, 0.05) is 18.8 Å². The zero-order valence-electron chi connectivity index (χ0n) is 11.5. The second-order valence-electron chi connectivity index (χ2n) is 4.42. The summed E-state index contributed by atoms with van der Waals surface area (Å²) in [5, 5.41) is 3.89. The molecule has 0 amide bonds. The van der Waals surface area contributed by atoms with E-state index >= 15 is 0 Å². The molecule has 0 saturated carbocycles. The molecule has 0 aliphatic carbocycles. The number of pyridine rings is 2.